The summed E-state index contributed by atoms with van der Waals surface area (Å²) >= 11 is 1.51. The summed E-state index contributed by atoms with van der Waals surface area (Å²) in [5.41, 5.74) is 0.899. The molecule has 2 heterocycles. The van der Waals surface area contributed by atoms with Crippen LogP contribution in [0.1, 0.15) is 19.4 Å². The van der Waals surface area contributed by atoms with Crippen LogP contribution in [0, 0.1) is 0 Å². The number of fused-ring (bicyclic) bond motifs is 1. The molecular formula is C16H18N2O4S. The van der Waals surface area contributed by atoms with E-state index in [0.29, 0.717) is 6.41 Å². The summed E-state index contributed by atoms with van der Waals surface area (Å²) in [6.07, 6.45) is 0.522. The summed E-state index contributed by atoms with van der Waals surface area (Å²) in [6, 6.07) is 8.22. The minimum Gasteiger partial charge on any atom is -0.459 e. The van der Waals surface area contributed by atoms with Crippen LogP contribution in [0.4, 0.5) is 0 Å². The predicted molar refractivity (Wildman–Crippen MR) is 85.3 cm³/mol. The van der Waals surface area contributed by atoms with Gasteiger partial charge in [0.2, 0.25) is 12.3 Å². The minimum atomic E-state index is -0.640. The molecule has 2 saturated heterocycles. The third-order valence-electron chi connectivity index (χ3n) is 4.14. The Morgan fingerprint density at radius 3 is 2.74 bits per heavy atom. The summed E-state index contributed by atoms with van der Waals surface area (Å²) in [5.74, 6) is -0.645. The van der Waals surface area contributed by atoms with Crippen LogP contribution in [-0.4, -0.2) is 45.4 Å². The highest BCUT2D eigenvalue weighted by atomic mass is 32.2. The molecule has 0 bridgehead atoms. The number of esters is 1. The minimum absolute atomic E-state index is 0.180. The topological polar surface area (TPSA) is 75.7 Å². The second kappa shape index (κ2) is 5.88. The van der Waals surface area contributed by atoms with Crippen LogP contribution in [-0.2, 0) is 25.7 Å². The van der Waals surface area contributed by atoms with Gasteiger partial charge in [-0.3, -0.25) is 9.59 Å². The molecule has 6 nitrogen and oxygen atoms in total. The standard InChI is InChI=1S/C16H18N2O4S/c1-16(2)12(15(21)22-8-10-6-4-3-5-7-10)18-13(20)11(17-9-19)14(18)23-16/h3-7,9,11-12,14H,8H2,1-2H3,(H,17,19). The maximum atomic E-state index is 12.5. The van der Waals surface area contributed by atoms with Crippen molar-refractivity contribution >= 4 is 30.0 Å². The quantitative estimate of drug-likeness (QED) is 0.492. The van der Waals surface area contributed by atoms with Gasteiger partial charge < -0.3 is 15.0 Å². The highest BCUT2D eigenvalue weighted by Gasteiger charge is 2.64. The number of hydrogen-bond acceptors (Lipinski definition) is 5. The van der Waals surface area contributed by atoms with Crippen molar-refractivity contribution in [2.75, 3.05) is 0 Å². The lowest BCUT2D eigenvalue weighted by molar-refractivity contribution is -0.164. The van der Waals surface area contributed by atoms with Crippen molar-refractivity contribution in [3.05, 3.63) is 35.9 Å². The normalized spacial score (nSPS) is 27.8. The fourth-order valence-electron chi connectivity index (χ4n) is 3.03. The van der Waals surface area contributed by atoms with Gasteiger partial charge >= 0.3 is 5.97 Å². The molecule has 23 heavy (non-hydrogen) atoms. The predicted octanol–water partition coefficient (Wildman–Crippen LogP) is 0.907. The van der Waals surface area contributed by atoms with E-state index in [9.17, 15) is 14.4 Å². The van der Waals surface area contributed by atoms with Crippen LogP contribution >= 0.6 is 11.8 Å². The summed E-state index contributed by atoms with van der Waals surface area (Å²) in [6.45, 7) is 4.00. The first-order valence-electron chi connectivity index (χ1n) is 7.36. The highest BCUT2D eigenvalue weighted by molar-refractivity contribution is 8.01. The highest BCUT2D eigenvalue weighted by Crippen LogP contribution is 2.50. The van der Waals surface area contributed by atoms with Gasteiger partial charge in [-0.2, -0.15) is 0 Å². The molecule has 0 radical (unpaired) electrons. The van der Waals surface area contributed by atoms with E-state index in [1.54, 1.807) is 0 Å². The number of nitrogens with one attached hydrogen (secondary N) is 1. The van der Waals surface area contributed by atoms with Gasteiger partial charge in [0.15, 0.2) is 0 Å². The molecule has 0 aliphatic carbocycles. The molecular weight excluding hydrogens is 316 g/mol. The van der Waals surface area contributed by atoms with Crippen LogP contribution in [0.15, 0.2) is 30.3 Å². The zero-order valence-corrected chi connectivity index (χ0v) is 13.7. The molecule has 122 valence electrons. The Kier molecular flexibility index (Phi) is 4.06. The van der Waals surface area contributed by atoms with E-state index in [2.05, 4.69) is 5.32 Å². The lowest BCUT2D eigenvalue weighted by Gasteiger charge is -2.43. The summed E-state index contributed by atoms with van der Waals surface area (Å²) in [7, 11) is 0. The van der Waals surface area contributed by atoms with Crippen molar-refractivity contribution in [1.29, 1.82) is 0 Å². The lowest BCUT2D eigenvalue weighted by Crippen LogP contribution is -2.69. The fourth-order valence-corrected chi connectivity index (χ4v) is 4.66. The average molecular weight is 334 g/mol. The van der Waals surface area contributed by atoms with E-state index >= 15 is 0 Å². The molecule has 2 fully saturated rings. The van der Waals surface area contributed by atoms with Gasteiger partial charge in [0.05, 0.1) is 0 Å². The molecule has 3 unspecified atom stereocenters. The lowest BCUT2D eigenvalue weighted by atomic mass is 9.96. The Labute approximate surface area is 138 Å². The van der Waals surface area contributed by atoms with E-state index in [1.807, 2.05) is 44.2 Å². The van der Waals surface area contributed by atoms with E-state index in [1.165, 1.54) is 16.7 Å². The number of hydrogen-bond donors (Lipinski definition) is 1. The number of rotatable bonds is 5. The number of amides is 2. The molecule has 7 heteroatoms. The van der Waals surface area contributed by atoms with Crippen molar-refractivity contribution < 1.29 is 19.1 Å². The first-order chi connectivity index (χ1) is 11.0. The zero-order chi connectivity index (χ0) is 16.6. The van der Waals surface area contributed by atoms with E-state index in [4.69, 9.17) is 4.74 Å². The molecule has 3 rings (SSSR count). The number of carbonyl (C=O) groups excluding carboxylic acids is 3. The van der Waals surface area contributed by atoms with Gasteiger partial charge in [0.25, 0.3) is 0 Å². The van der Waals surface area contributed by atoms with Crippen LogP contribution in [0.25, 0.3) is 0 Å². The molecule has 0 saturated carbocycles. The molecule has 1 aromatic rings. The van der Waals surface area contributed by atoms with Crippen LogP contribution in [0.5, 0.6) is 0 Å². The Bertz CT molecular complexity index is 634. The SMILES string of the molecule is CC1(C)SC2C(NC=O)C(=O)N2C1C(=O)OCc1ccccc1. The van der Waals surface area contributed by atoms with E-state index in [0.717, 1.165) is 5.56 Å². The average Bonchev–Trinajstić information content (AvgIpc) is 2.79. The van der Waals surface area contributed by atoms with E-state index < -0.39 is 22.8 Å². The largest absolute Gasteiger partial charge is 0.459 e. The van der Waals surface area contributed by atoms with Gasteiger partial charge in [-0.25, -0.2) is 4.79 Å². The van der Waals surface area contributed by atoms with E-state index in [-0.39, 0.29) is 17.9 Å². The van der Waals surface area contributed by atoms with Crippen molar-refractivity contribution in [2.24, 2.45) is 0 Å². The third-order valence-corrected chi connectivity index (χ3v) is 5.71. The van der Waals surface area contributed by atoms with Crippen molar-refractivity contribution in [2.45, 2.75) is 42.7 Å². The van der Waals surface area contributed by atoms with Crippen LogP contribution < -0.4 is 5.32 Å². The number of nitrogens with zero attached hydrogens (tertiary/aromatic N) is 1. The van der Waals surface area contributed by atoms with Gasteiger partial charge in [-0.1, -0.05) is 30.3 Å². The fraction of sp³-hybridized carbons (Fsp3) is 0.438. The second-order valence-corrected chi connectivity index (χ2v) is 7.89. The monoisotopic (exact) mass is 334 g/mol. The van der Waals surface area contributed by atoms with Crippen LogP contribution in [0.3, 0.4) is 0 Å². The number of benzene rings is 1. The second-order valence-electron chi connectivity index (χ2n) is 6.12. The van der Waals surface area contributed by atoms with Crippen LogP contribution in [0.2, 0.25) is 0 Å². The third kappa shape index (κ3) is 2.69. The molecule has 2 aliphatic heterocycles. The summed E-state index contributed by atoms with van der Waals surface area (Å²) in [5, 5.41) is 2.30. The maximum Gasteiger partial charge on any atom is 0.330 e. The number of carbonyl (C=O) groups is 3. The molecule has 3 atom stereocenters. The molecule has 0 aromatic heterocycles. The zero-order valence-electron chi connectivity index (χ0n) is 12.9. The van der Waals surface area contributed by atoms with Gasteiger partial charge in [-0.15, -0.1) is 11.8 Å². The first kappa shape index (κ1) is 15.9. The Morgan fingerprint density at radius 1 is 1.39 bits per heavy atom. The number of thioether (sulfide) groups is 1. The number of β-lactam (4-membered cyclic amide) rings is 1. The summed E-state index contributed by atoms with van der Waals surface area (Å²) in [4.78, 5) is 36.8. The molecule has 1 N–H and O–H groups in total. The number of ether oxygens (including phenoxy) is 1. The Balaban J connectivity index is 1.70. The maximum absolute atomic E-state index is 12.5. The van der Waals surface area contributed by atoms with Crippen molar-refractivity contribution in [3.63, 3.8) is 0 Å². The Hall–Kier alpha value is -2.02. The molecule has 0 spiro atoms. The molecule has 1 aromatic carbocycles. The van der Waals surface area contributed by atoms with Gasteiger partial charge in [0, 0.05) is 4.75 Å². The smallest absolute Gasteiger partial charge is 0.330 e. The van der Waals surface area contributed by atoms with Gasteiger partial charge in [-0.05, 0) is 19.4 Å². The van der Waals surface area contributed by atoms with Crippen molar-refractivity contribution in [1.82, 2.24) is 10.2 Å². The summed E-state index contributed by atoms with van der Waals surface area (Å²) < 4.78 is 4.94. The Morgan fingerprint density at radius 2 is 2.09 bits per heavy atom. The van der Waals surface area contributed by atoms with Gasteiger partial charge in [0.1, 0.15) is 24.1 Å². The molecule has 2 amide bonds. The first-order valence-corrected chi connectivity index (χ1v) is 8.24. The molecule has 2 aliphatic rings. The van der Waals surface area contributed by atoms with Crippen molar-refractivity contribution in [3.8, 4) is 0 Å².